The largest absolute Gasteiger partial charge is 0.444 e. The molecule has 0 spiro atoms. The van der Waals surface area contributed by atoms with Crippen molar-refractivity contribution in [2.75, 3.05) is 18.4 Å². The lowest BCUT2D eigenvalue weighted by atomic mass is 10.2. The molecule has 0 saturated carbocycles. The van der Waals surface area contributed by atoms with E-state index in [2.05, 4.69) is 26.6 Å². The summed E-state index contributed by atoms with van der Waals surface area (Å²) in [6.45, 7) is 7.54. The van der Waals surface area contributed by atoms with Gasteiger partial charge in [-0.05, 0) is 64.3 Å². The smallest absolute Gasteiger partial charge is 0.410 e. The first-order valence-corrected chi connectivity index (χ1v) is 9.69. The van der Waals surface area contributed by atoms with Crippen LogP contribution < -0.4 is 10.6 Å². The van der Waals surface area contributed by atoms with Gasteiger partial charge in [-0.1, -0.05) is 15.9 Å². The number of hydrogen-bond donors (Lipinski definition) is 2. The second-order valence-electron chi connectivity index (χ2n) is 7.56. The van der Waals surface area contributed by atoms with Gasteiger partial charge in [0.25, 0.3) is 0 Å². The summed E-state index contributed by atoms with van der Waals surface area (Å²) in [4.78, 5) is 38.3. The number of ether oxygens (including phenoxy) is 1. The van der Waals surface area contributed by atoms with Gasteiger partial charge in [-0.15, -0.1) is 0 Å². The van der Waals surface area contributed by atoms with Crippen molar-refractivity contribution >= 4 is 39.5 Å². The summed E-state index contributed by atoms with van der Waals surface area (Å²) in [5.74, 6) is -0.670. The van der Waals surface area contributed by atoms with Crippen LogP contribution in [0, 0.1) is 6.92 Å². The van der Waals surface area contributed by atoms with Gasteiger partial charge >= 0.3 is 6.09 Å². The zero-order valence-corrected chi connectivity index (χ0v) is 17.7. The van der Waals surface area contributed by atoms with Crippen LogP contribution in [0.1, 0.15) is 39.2 Å². The number of nitrogens with zero attached hydrogens (tertiary/aromatic N) is 1. The molecule has 1 aliphatic rings. The Morgan fingerprint density at radius 1 is 1.30 bits per heavy atom. The van der Waals surface area contributed by atoms with Crippen LogP contribution in [0.25, 0.3) is 0 Å². The first-order chi connectivity index (χ1) is 12.6. The topological polar surface area (TPSA) is 87.7 Å². The Hall–Kier alpha value is -2.09. The highest BCUT2D eigenvalue weighted by Gasteiger charge is 2.36. The molecule has 1 aromatic rings. The van der Waals surface area contributed by atoms with Gasteiger partial charge in [0.15, 0.2) is 0 Å². The van der Waals surface area contributed by atoms with E-state index in [4.69, 9.17) is 4.74 Å². The van der Waals surface area contributed by atoms with Crippen molar-refractivity contribution in [1.82, 2.24) is 10.2 Å². The number of rotatable bonds is 4. The number of anilines is 1. The SMILES string of the molecule is Cc1cc(Br)ccc1NC(=O)CNC(=O)[C@@H]1CCCN1C(=O)OC(C)(C)C. The lowest BCUT2D eigenvalue weighted by Gasteiger charge is -2.28. The van der Waals surface area contributed by atoms with E-state index in [-0.39, 0.29) is 18.4 Å². The van der Waals surface area contributed by atoms with Crippen molar-refractivity contribution in [1.29, 1.82) is 0 Å². The predicted molar refractivity (Wildman–Crippen MR) is 106 cm³/mol. The molecule has 3 amide bonds. The molecule has 7 nitrogen and oxygen atoms in total. The molecule has 0 aliphatic carbocycles. The van der Waals surface area contributed by atoms with Crippen LogP contribution in [-0.4, -0.2) is 47.5 Å². The number of amides is 3. The number of likely N-dealkylation sites (tertiary alicyclic amines) is 1. The first-order valence-electron chi connectivity index (χ1n) is 8.90. The molecule has 1 fully saturated rings. The Morgan fingerprint density at radius 2 is 2.00 bits per heavy atom. The Balaban J connectivity index is 1.88. The van der Waals surface area contributed by atoms with E-state index >= 15 is 0 Å². The van der Waals surface area contributed by atoms with Crippen molar-refractivity contribution in [3.8, 4) is 0 Å². The molecular weight excluding hydrogens is 414 g/mol. The van der Waals surface area contributed by atoms with Crippen molar-refractivity contribution in [2.24, 2.45) is 0 Å². The molecule has 27 heavy (non-hydrogen) atoms. The maximum Gasteiger partial charge on any atom is 0.410 e. The summed E-state index contributed by atoms with van der Waals surface area (Å²) >= 11 is 3.37. The Bertz CT molecular complexity index is 730. The molecule has 0 aromatic heterocycles. The third-order valence-electron chi connectivity index (χ3n) is 4.07. The van der Waals surface area contributed by atoms with Gasteiger partial charge in [-0.3, -0.25) is 14.5 Å². The predicted octanol–water partition coefficient (Wildman–Crippen LogP) is 3.21. The molecule has 8 heteroatoms. The second-order valence-corrected chi connectivity index (χ2v) is 8.47. The van der Waals surface area contributed by atoms with Crippen molar-refractivity contribution in [2.45, 2.75) is 52.2 Å². The number of nitrogens with one attached hydrogen (secondary N) is 2. The minimum atomic E-state index is -0.622. The fourth-order valence-corrected chi connectivity index (χ4v) is 3.30. The van der Waals surface area contributed by atoms with E-state index in [9.17, 15) is 14.4 Å². The van der Waals surface area contributed by atoms with Crippen LogP contribution in [0.4, 0.5) is 10.5 Å². The molecular formula is C19H26BrN3O4. The maximum atomic E-state index is 12.4. The summed E-state index contributed by atoms with van der Waals surface area (Å²) in [5, 5.41) is 5.38. The lowest BCUT2D eigenvalue weighted by molar-refractivity contribution is -0.127. The highest BCUT2D eigenvalue weighted by molar-refractivity contribution is 9.10. The summed E-state index contributed by atoms with van der Waals surface area (Å²) in [6.07, 6.45) is 0.773. The molecule has 148 valence electrons. The van der Waals surface area contributed by atoms with Gasteiger partial charge in [0.2, 0.25) is 11.8 Å². The Kier molecular flexibility index (Phi) is 6.86. The first kappa shape index (κ1) is 21.2. The van der Waals surface area contributed by atoms with Crippen LogP contribution in [0.3, 0.4) is 0 Å². The molecule has 1 aliphatic heterocycles. The van der Waals surface area contributed by atoms with Gasteiger partial charge in [0, 0.05) is 16.7 Å². The summed E-state index contributed by atoms with van der Waals surface area (Å²) < 4.78 is 6.28. The number of benzene rings is 1. The average molecular weight is 440 g/mol. The molecule has 2 rings (SSSR count). The van der Waals surface area contributed by atoms with Crippen molar-refractivity contribution in [3.63, 3.8) is 0 Å². The number of carbonyl (C=O) groups is 3. The van der Waals surface area contributed by atoms with Crippen LogP contribution in [0.15, 0.2) is 22.7 Å². The molecule has 1 atom stereocenters. The minimum absolute atomic E-state index is 0.160. The molecule has 0 unspecified atom stereocenters. The third kappa shape index (κ3) is 6.23. The number of halogens is 1. The number of aryl methyl sites for hydroxylation is 1. The second kappa shape index (κ2) is 8.73. The summed E-state index contributed by atoms with van der Waals surface area (Å²) in [7, 11) is 0. The molecule has 0 bridgehead atoms. The quantitative estimate of drug-likeness (QED) is 0.753. The van der Waals surface area contributed by atoms with Gasteiger partial charge in [0.1, 0.15) is 11.6 Å². The standard InChI is InChI=1S/C19H26BrN3O4/c1-12-10-13(20)7-8-14(12)22-16(24)11-21-17(25)15-6-5-9-23(15)18(26)27-19(2,3)4/h7-8,10,15H,5-6,9,11H2,1-4H3,(H,21,25)(H,22,24)/t15-/m0/s1. The Labute approximate surface area is 167 Å². The normalized spacial score (nSPS) is 16.8. The van der Waals surface area contributed by atoms with Gasteiger partial charge in [-0.2, -0.15) is 0 Å². The van der Waals surface area contributed by atoms with E-state index in [0.717, 1.165) is 16.5 Å². The van der Waals surface area contributed by atoms with Crippen molar-refractivity contribution < 1.29 is 19.1 Å². The fourth-order valence-electron chi connectivity index (χ4n) is 2.83. The van der Waals surface area contributed by atoms with Gasteiger partial charge in [-0.25, -0.2) is 4.79 Å². The minimum Gasteiger partial charge on any atom is -0.444 e. The third-order valence-corrected chi connectivity index (χ3v) is 4.56. The molecule has 1 saturated heterocycles. The molecule has 1 heterocycles. The van der Waals surface area contributed by atoms with Crippen molar-refractivity contribution in [3.05, 3.63) is 28.2 Å². The average Bonchev–Trinajstić information content (AvgIpc) is 3.03. The Morgan fingerprint density at radius 3 is 2.63 bits per heavy atom. The zero-order chi connectivity index (χ0) is 20.2. The molecule has 1 aromatic carbocycles. The van der Waals surface area contributed by atoms with Crippen LogP contribution in [-0.2, 0) is 14.3 Å². The van der Waals surface area contributed by atoms with Crippen LogP contribution in [0.2, 0.25) is 0 Å². The van der Waals surface area contributed by atoms with Gasteiger partial charge in [0.05, 0.1) is 6.54 Å². The number of hydrogen-bond acceptors (Lipinski definition) is 4. The maximum absolute atomic E-state index is 12.4. The van der Waals surface area contributed by atoms with E-state index < -0.39 is 17.7 Å². The lowest BCUT2D eigenvalue weighted by Crippen LogP contribution is -2.48. The highest BCUT2D eigenvalue weighted by Crippen LogP contribution is 2.21. The van der Waals surface area contributed by atoms with E-state index in [0.29, 0.717) is 18.7 Å². The van der Waals surface area contributed by atoms with Crippen LogP contribution in [0.5, 0.6) is 0 Å². The van der Waals surface area contributed by atoms with E-state index in [1.807, 2.05) is 19.1 Å². The summed E-state index contributed by atoms with van der Waals surface area (Å²) in [5.41, 5.74) is 0.980. The van der Waals surface area contributed by atoms with E-state index in [1.54, 1.807) is 26.8 Å². The fraction of sp³-hybridized carbons (Fsp3) is 0.526. The molecule has 0 radical (unpaired) electrons. The zero-order valence-electron chi connectivity index (χ0n) is 16.1. The summed E-state index contributed by atoms with van der Waals surface area (Å²) in [6, 6.07) is 4.91. The number of carbonyl (C=O) groups excluding carboxylic acids is 3. The van der Waals surface area contributed by atoms with Gasteiger partial charge < -0.3 is 15.4 Å². The van der Waals surface area contributed by atoms with Crippen LogP contribution >= 0.6 is 15.9 Å². The van der Waals surface area contributed by atoms with E-state index in [1.165, 1.54) is 4.90 Å². The highest BCUT2D eigenvalue weighted by atomic mass is 79.9. The molecule has 2 N–H and O–H groups in total. The monoisotopic (exact) mass is 439 g/mol.